The van der Waals surface area contributed by atoms with Gasteiger partial charge in [0.1, 0.15) is 27.0 Å². The van der Waals surface area contributed by atoms with Gasteiger partial charge in [-0.1, -0.05) is 47.9 Å². The lowest BCUT2D eigenvalue weighted by Gasteiger charge is -2.19. The summed E-state index contributed by atoms with van der Waals surface area (Å²) in [5, 5.41) is 28.6. The summed E-state index contributed by atoms with van der Waals surface area (Å²) in [5.41, 5.74) is 0.558. The first-order valence-electron chi connectivity index (χ1n) is 10.4. The molecule has 1 aromatic heterocycles. The van der Waals surface area contributed by atoms with Crippen molar-refractivity contribution in [2.24, 2.45) is 0 Å². The van der Waals surface area contributed by atoms with Crippen LogP contribution in [0.5, 0.6) is 0 Å². The van der Waals surface area contributed by atoms with Crippen LogP contribution >= 0.6 is 47.1 Å². The number of aliphatic carboxylic acids is 2. The van der Waals surface area contributed by atoms with E-state index in [0.29, 0.717) is 10.7 Å². The quantitative estimate of drug-likeness (QED) is 0.318. The number of aliphatic hydroxyl groups excluding tert-OH is 1. The Balaban J connectivity index is 1.83. The SMILES string of the molecule is [C-]#[N+]c1ccc2c(c1)N(CCO)/C(=C/C=c1/s/c(=C3\SC(=S)N(CC(=O)O)C3=O)n(CC(=O)O)c1=O)S2. The number of fused-ring (bicyclic) bond motifs is 1. The number of thioether (sulfide) groups is 2. The summed E-state index contributed by atoms with van der Waals surface area (Å²) in [6, 6.07) is 5.19. The van der Waals surface area contributed by atoms with E-state index < -0.39 is 36.5 Å². The second-order valence-corrected chi connectivity index (χ2v) is 11.2. The number of nitrogens with zero attached hydrogens (tertiary/aromatic N) is 4. The molecule has 1 amide bonds. The molecule has 1 fully saturated rings. The van der Waals surface area contributed by atoms with Crippen LogP contribution < -0.4 is 19.7 Å². The van der Waals surface area contributed by atoms with Crippen molar-refractivity contribution in [1.82, 2.24) is 9.47 Å². The average molecular weight is 577 g/mol. The van der Waals surface area contributed by atoms with Gasteiger partial charge in [0, 0.05) is 17.1 Å². The number of carbonyl (C=O) groups is 3. The van der Waals surface area contributed by atoms with Crippen molar-refractivity contribution >= 4 is 91.6 Å². The number of allylic oxidation sites excluding steroid dienone is 1. The molecule has 0 saturated carbocycles. The van der Waals surface area contributed by atoms with Crippen LogP contribution in [0.3, 0.4) is 0 Å². The monoisotopic (exact) mass is 576 g/mol. The Morgan fingerprint density at radius 1 is 1.08 bits per heavy atom. The summed E-state index contributed by atoms with van der Waals surface area (Å²) < 4.78 is 1.17. The molecule has 2 aliphatic rings. The fourth-order valence-electron chi connectivity index (χ4n) is 3.54. The maximum absolute atomic E-state index is 13.1. The van der Waals surface area contributed by atoms with Crippen LogP contribution in [0.25, 0.3) is 15.8 Å². The first-order chi connectivity index (χ1) is 17.6. The lowest BCUT2D eigenvalue weighted by atomic mass is 10.2. The third-order valence-corrected chi connectivity index (χ3v) is 8.93. The highest BCUT2D eigenvalue weighted by atomic mass is 32.2. The number of hydrogen-bond donors (Lipinski definition) is 3. The van der Waals surface area contributed by atoms with Crippen LogP contribution in [0.2, 0.25) is 0 Å². The van der Waals surface area contributed by atoms with E-state index in [-0.39, 0.29) is 31.6 Å². The van der Waals surface area contributed by atoms with Gasteiger partial charge in [-0.05, 0) is 18.2 Å². The summed E-state index contributed by atoms with van der Waals surface area (Å²) in [6.07, 6.45) is 3.15. The van der Waals surface area contributed by atoms with Gasteiger partial charge in [0.15, 0.2) is 5.69 Å². The topological polar surface area (TPSA) is 145 Å². The zero-order valence-electron chi connectivity index (χ0n) is 18.6. The predicted molar refractivity (Wildman–Crippen MR) is 144 cm³/mol. The number of anilines is 1. The van der Waals surface area contributed by atoms with E-state index in [1.807, 2.05) is 4.90 Å². The maximum atomic E-state index is 13.1. The van der Waals surface area contributed by atoms with Gasteiger partial charge >= 0.3 is 11.9 Å². The summed E-state index contributed by atoms with van der Waals surface area (Å²) in [6.45, 7) is 5.98. The first-order valence-corrected chi connectivity index (χ1v) is 13.2. The van der Waals surface area contributed by atoms with E-state index in [1.165, 1.54) is 17.8 Å². The third kappa shape index (κ3) is 5.33. The Kier molecular flexibility index (Phi) is 7.85. The van der Waals surface area contributed by atoms with E-state index in [4.69, 9.17) is 23.9 Å². The van der Waals surface area contributed by atoms with Gasteiger partial charge in [-0.2, -0.15) is 0 Å². The molecule has 190 valence electrons. The molecule has 0 bridgehead atoms. The molecule has 0 aliphatic carbocycles. The number of hydrogen-bond acceptors (Lipinski definition) is 10. The summed E-state index contributed by atoms with van der Waals surface area (Å²) in [4.78, 5) is 55.5. The second kappa shape index (κ2) is 10.9. The molecule has 2 aromatic rings. The van der Waals surface area contributed by atoms with Gasteiger partial charge in [0.2, 0.25) is 0 Å². The van der Waals surface area contributed by atoms with Gasteiger partial charge in [-0.15, -0.1) is 11.3 Å². The molecule has 3 N–H and O–H groups in total. The lowest BCUT2D eigenvalue weighted by Crippen LogP contribution is -2.36. The predicted octanol–water partition coefficient (Wildman–Crippen LogP) is 0.825. The van der Waals surface area contributed by atoms with Crippen LogP contribution in [-0.2, 0) is 20.9 Å². The van der Waals surface area contributed by atoms with Crippen molar-refractivity contribution < 1.29 is 29.7 Å². The van der Waals surface area contributed by atoms with E-state index in [0.717, 1.165) is 43.1 Å². The van der Waals surface area contributed by atoms with E-state index >= 15 is 0 Å². The number of β-amino-alcohol motifs (C(OH)–C–C–N with tert-alkyl or cyclic N) is 1. The minimum atomic E-state index is -1.29. The Labute approximate surface area is 226 Å². The zero-order chi connectivity index (χ0) is 26.9. The van der Waals surface area contributed by atoms with Crippen molar-refractivity contribution in [3.8, 4) is 0 Å². The van der Waals surface area contributed by atoms with Crippen molar-refractivity contribution in [3.63, 3.8) is 0 Å². The van der Waals surface area contributed by atoms with Crippen molar-refractivity contribution in [3.05, 3.63) is 60.3 Å². The molecule has 1 aromatic carbocycles. The van der Waals surface area contributed by atoms with Crippen LogP contribution in [0.4, 0.5) is 11.4 Å². The van der Waals surface area contributed by atoms with Gasteiger partial charge < -0.3 is 20.2 Å². The Morgan fingerprint density at radius 2 is 1.81 bits per heavy atom. The Bertz CT molecular complexity index is 1600. The lowest BCUT2D eigenvalue weighted by molar-refractivity contribution is -0.140. The number of rotatable bonds is 7. The molecular formula is C22H16N4O7S4. The number of amides is 1. The molecule has 0 atom stereocenters. The Hall–Kier alpha value is -3.42. The fourth-order valence-corrected chi connectivity index (χ4v) is 7.07. The summed E-state index contributed by atoms with van der Waals surface area (Å²) >= 11 is 8.21. The number of benzene rings is 1. The smallest absolute Gasteiger partial charge is 0.323 e. The molecule has 11 nitrogen and oxygen atoms in total. The standard InChI is InChI=1S/C22H16N4O7S4/c1-23-11-2-3-13-12(8-11)24(6-7-27)15(35-13)5-4-14-19(32)25(9-16(28)29)21(36-14)18-20(33)26(10-17(30)31)22(34)37-18/h2-5,8,27H,6-7,9-10H2,(H,28,29)(H,30,31)/b14-4+,15-5-,21-18-. The molecule has 1 saturated heterocycles. The largest absolute Gasteiger partial charge is 0.480 e. The van der Waals surface area contributed by atoms with Crippen LogP contribution in [0.15, 0.2) is 39.0 Å². The van der Waals surface area contributed by atoms with E-state index in [9.17, 15) is 29.4 Å². The van der Waals surface area contributed by atoms with Gasteiger partial charge in [0.25, 0.3) is 11.5 Å². The molecule has 0 unspecified atom stereocenters. The fraction of sp³-hybridized carbons (Fsp3) is 0.182. The zero-order valence-corrected chi connectivity index (χ0v) is 21.9. The van der Waals surface area contributed by atoms with Crippen molar-refractivity contribution in [1.29, 1.82) is 0 Å². The van der Waals surface area contributed by atoms with E-state index in [2.05, 4.69) is 4.85 Å². The minimum Gasteiger partial charge on any atom is -0.480 e. The van der Waals surface area contributed by atoms with Gasteiger partial charge in [-0.25, -0.2) is 4.85 Å². The van der Waals surface area contributed by atoms with Crippen LogP contribution in [0, 0.1) is 6.57 Å². The molecule has 0 radical (unpaired) electrons. The third-order valence-electron chi connectivity index (χ3n) is 5.08. The number of carboxylic acid groups (broad SMARTS) is 2. The van der Waals surface area contributed by atoms with Gasteiger partial charge in [-0.3, -0.25) is 28.6 Å². The number of thiocarbonyl (C=S) groups is 1. The maximum Gasteiger partial charge on any atom is 0.323 e. The number of carbonyl (C=O) groups excluding carboxylic acids is 1. The van der Waals surface area contributed by atoms with Crippen LogP contribution in [0.1, 0.15) is 0 Å². The van der Waals surface area contributed by atoms with E-state index in [1.54, 1.807) is 24.3 Å². The van der Waals surface area contributed by atoms with Gasteiger partial charge in [0.05, 0.1) is 22.7 Å². The number of aliphatic hydroxyl groups is 1. The molecule has 4 rings (SSSR count). The number of thiazole rings is 1. The number of aromatic nitrogens is 1. The highest BCUT2D eigenvalue weighted by molar-refractivity contribution is 8.30. The molecule has 2 aliphatic heterocycles. The molecule has 15 heteroatoms. The minimum absolute atomic E-state index is 0.00341. The molecule has 3 heterocycles. The first kappa shape index (κ1) is 26.6. The van der Waals surface area contributed by atoms with Crippen LogP contribution in [-0.4, -0.2) is 66.6 Å². The highest BCUT2D eigenvalue weighted by Crippen LogP contribution is 2.47. The average Bonchev–Trinajstić information content (AvgIpc) is 3.44. The highest BCUT2D eigenvalue weighted by Gasteiger charge is 2.35. The van der Waals surface area contributed by atoms with Crippen molar-refractivity contribution in [2.75, 3.05) is 24.6 Å². The molecule has 0 spiro atoms. The number of carboxylic acids is 2. The second-order valence-electron chi connectivity index (χ2n) is 7.45. The molecular weight excluding hydrogens is 561 g/mol. The summed E-state index contributed by atoms with van der Waals surface area (Å²) in [7, 11) is 0. The normalized spacial score (nSPS) is 18.1. The molecule has 37 heavy (non-hydrogen) atoms. The van der Waals surface area contributed by atoms with Crippen molar-refractivity contribution in [2.45, 2.75) is 11.4 Å². The Morgan fingerprint density at radius 3 is 2.46 bits per heavy atom. The summed E-state index contributed by atoms with van der Waals surface area (Å²) in [5.74, 6) is -3.27.